The summed E-state index contributed by atoms with van der Waals surface area (Å²) in [4.78, 5) is 2.53. The van der Waals surface area contributed by atoms with Crippen molar-refractivity contribution in [2.24, 2.45) is 11.7 Å². The summed E-state index contributed by atoms with van der Waals surface area (Å²) in [6.07, 6.45) is 4.89. The summed E-state index contributed by atoms with van der Waals surface area (Å²) in [5, 5.41) is 7.48. The molecule has 3 N–H and O–H groups in total. The van der Waals surface area contributed by atoms with E-state index < -0.39 is 0 Å². The van der Waals surface area contributed by atoms with Crippen molar-refractivity contribution in [3.63, 3.8) is 0 Å². The molecule has 2 heterocycles. The second kappa shape index (κ2) is 7.56. The molecule has 2 rings (SSSR count). The van der Waals surface area contributed by atoms with Crippen LogP contribution in [0.15, 0.2) is 0 Å². The average Bonchev–Trinajstić information content (AvgIpc) is 2.44. The third-order valence-electron chi connectivity index (χ3n) is 4.66. The number of nitrogens with one attached hydrogen (secondary N) is 1. The molecule has 5 heteroatoms. The molecule has 0 aromatic rings. The van der Waals surface area contributed by atoms with Crippen LogP contribution in [0, 0.1) is 11.3 Å². The number of rotatable bonds is 6. The Morgan fingerprint density at radius 2 is 2.05 bits per heavy atom. The molecule has 1 unspecified atom stereocenters. The van der Waals surface area contributed by atoms with E-state index in [0.717, 1.165) is 58.6 Å². The van der Waals surface area contributed by atoms with Gasteiger partial charge in [-0.05, 0) is 31.6 Å². The number of hydrogen-bond acceptors (Lipinski definition) is 4. The lowest BCUT2D eigenvalue weighted by molar-refractivity contribution is -0.151. The predicted molar refractivity (Wildman–Crippen MR) is 84.7 cm³/mol. The van der Waals surface area contributed by atoms with Gasteiger partial charge < -0.3 is 15.2 Å². The van der Waals surface area contributed by atoms with Gasteiger partial charge in [-0.2, -0.15) is 0 Å². The van der Waals surface area contributed by atoms with Crippen molar-refractivity contribution >= 4 is 5.84 Å². The minimum absolute atomic E-state index is 0.0343. The zero-order valence-electron chi connectivity index (χ0n) is 13.6. The van der Waals surface area contributed by atoms with Crippen molar-refractivity contribution in [1.82, 2.24) is 4.90 Å². The van der Waals surface area contributed by atoms with Crippen LogP contribution in [0.2, 0.25) is 0 Å². The smallest absolute Gasteiger partial charge is 0.0918 e. The summed E-state index contributed by atoms with van der Waals surface area (Å²) in [7, 11) is 0. The summed E-state index contributed by atoms with van der Waals surface area (Å²) in [6, 6.07) is 0.554. The molecule has 0 aromatic carbocycles. The van der Waals surface area contributed by atoms with E-state index in [2.05, 4.69) is 18.7 Å². The monoisotopic (exact) mass is 297 g/mol. The van der Waals surface area contributed by atoms with Crippen LogP contribution in [0.5, 0.6) is 0 Å². The van der Waals surface area contributed by atoms with E-state index in [0.29, 0.717) is 18.4 Å². The van der Waals surface area contributed by atoms with Gasteiger partial charge in [0, 0.05) is 45.4 Å². The molecule has 2 aliphatic rings. The van der Waals surface area contributed by atoms with Gasteiger partial charge in [-0.15, -0.1) is 0 Å². The fourth-order valence-corrected chi connectivity index (χ4v) is 3.56. The molecule has 2 aliphatic heterocycles. The minimum Gasteiger partial charge on any atom is -0.388 e. The van der Waals surface area contributed by atoms with Crippen molar-refractivity contribution in [1.29, 1.82) is 5.41 Å². The topological polar surface area (TPSA) is 71.6 Å². The third-order valence-corrected chi connectivity index (χ3v) is 4.66. The number of nitrogens with two attached hydrogens (primary N) is 1. The zero-order chi connectivity index (χ0) is 15.3. The molecule has 0 aromatic heterocycles. The molecule has 1 spiro atoms. The standard InChI is InChI=1S/C16H31N3O2/c1-13(2)12-19(7-3-15(17)18)14-4-8-21-16(11-14)5-9-20-10-6-16/h13-14H,3-12H2,1-2H3,(H3,17,18). The maximum absolute atomic E-state index is 7.48. The third kappa shape index (κ3) is 4.94. The highest BCUT2D eigenvalue weighted by atomic mass is 16.5. The van der Waals surface area contributed by atoms with Gasteiger partial charge in [0.25, 0.3) is 0 Å². The second-order valence-electron chi connectivity index (χ2n) is 6.95. The maximum atomic E-state index is 7.48. The lowest BCUT2D eigenvalue weighted by Gasteiger charge is -2.46. The first-order valence-corrected chi connectivity index (χ1v) is 8.29. The van der Waals surface area contributed by atoms with E-state index >= 15 is 0 Å². The molecule has 5 nitrogen and oxygen atoms in total. The fourth-order valence-electron chi connectivity index (χ4n) is 3.56. The molecule has 1 atom stereocenters. The summed E-state index contributed by atoms with van der Waals surface area (Å²) < 4.78 is 11.6. The van der Waals surface area contributed by atoms with Gasteiger partial charge in [-0.1, -0.05) is 13.8 Å². The van der Waals surface area contributed by atoms with Crippen LogP contribution in [0.25, 0.3) is 0 Å². The Balaban J connectivity index is 1.98. The van der Waals surface area contributed by atoms with Crippen molar-refractivity contribution in [2.45, 2.75) is 57.6 Å². The lowest BCUT2D eigenvalue weighted by atomic mass is 9.83. The van der Waals surface area contributed by atoms with Crippen molar-refractivity contribution in [3.8, 4) is 0 Å². The van der Waals surface area contributed by atoms with Gasteiger partial charge in [0.05, 0.1) is 11.4 Å². The number of ether oxygens (including phenoxy) is 2. The molecule has 0 radical (unpaired) electrons. The molecular formula is C16H31N3O2. The number of hydrogen-bond donors (Lipinski definition) is 2. The van der Waals surface area contributed by atoms with Crippen LogP contribution in [0.3, 0.4) is 0 Å². The van der Waals surface area contributed by atoms with E-state index in [1.54, 1.807) is 0 Å². The summed E-state index contributed by atoms with van der Waals surface area (Å²) in [5.74, 6) is 0.919. The van der Waals surface area contributed by atoms with Crippen LogP contribution in [0.1, 0.15) is 46.0 Å². The van der Waals surface area contributed by atoms with Gasteiger partial charge >= 0.3 is 0 Å². The minimum atomic E-state index is 0.0343. The van der Waals surface area contributed by atoms with Crippen molar-refractivity contribution < 1.29 is 9.47 Å². The highest BCUT2D eigenvalue weighted by Gasteiger charge is 2.40. The Bertz CT molecular complexity index is 335. The molecule has 21 heavy (non-hydrogen) atoms. The van der Waals surface area contributed by atoms with Gasteiger partial charge in [-0.25, -0.2) is 0 Å². The number of amidine groups is 1. The second-order valence-corrected chi connectivity index (χ2v) is 6.95. The van der Waals surface area contributed by atoms with Crippen LogP contribution < -0.4 is 5.73 Å². The maximum Gasteiger partial charge on any atom is 0.0918 e. The van der Waals surface area contributed by atoms with E-state index in [-0.39, 0.29) is 11.4 Å². The molecule has 2 fully saturated rings. The van der Waals surface area contributed by atoms with Crippen LogP contribution in [-0.2, 0) is 9.47 Å². The first-order chi connectivity index (χ1) is 10.0. The first-order valence-electron chi connectivity index (χ1n) is 8.29. The lowest BCUT2D eigenvalue weighted by Crippen LogP contribution is -2.52. The Labute approximate surface area is 128 Å². The Morgan fingerprint density at radius 1 is 1.33 bits per heavy atom. The van der Waals surface area contributed by atoms with Crippen LogP contribution in [-0.4, -0.2) is 55.3 Å². The van der Waals surface area contributed by atoms with Crippen LogP contribution in [0.4, 0.5) is 0 Å². The molecule has 0 bridgehead atoms. The SMILES string of the molecule is CC(C)CN(CCC(=N)N)C1CCOC2(CCOCC2)C1. The van der Waals surface area contributed by atoms with E-state index in [1.165, 1.54) is 0 Å². The Hall–Kier alpha value is -0.650. The van der Waals surface area contributed by atoms with Crippen LogP contribution >= 0.6 is 0 Å². The van der Waals surface area contributed by atoms with E-state index in [1.807, 2.05) is 0 Å². The van der Waals surface area contributed by atoms with Gasteiger partial charge in [-0.3, -0.25) is 10.3 Å². The molecule has 122 valence electrons. The van der Waals surface area contributed by atoms with Gasteiger partial charge in [0.2, 0.25) is 0 Å². The normalized spacial score (nSPS) is 25.6. The summed E-state index contributed by atoms with van der Waals surface area (Å²) in [6.45, 7) is 8.97. The van der Waals surface area contributed by atoms with Gasteiger partial charge in [0.1, 0.15) is 0 Å². The van der Waals surface area contributed by atoms with E-state index in [4.69, 9.17) is 20.6 Å². The summed E-state index contributed by atoms with van der Waals surface area (Å²) in [5.41, 5.74) is 5.59. The van der Waals surface area contributed by atoms with Crippen molar-refractivity contribution in [2.75, 3.05) is 32.9 Å². The number of nitrogens with zero attached hydrogens (tertiary/aromatic N) is 1. The highest BCUT2D eigenvalue weighted by Crippen LogP contribution is 2.36. The predicted octanol–water partition coefficient (Wildman–Crippen LogP) is 2.00. The van der Waals surface area contributed by atoms with Crippen molar-refractivity contribution in [3.05, 3.63) is 0 Å². The quantitative estimate of drug-likeness (QED) is 0.581. The molecule has 0 saturated carbocycles. The highest BCUT2D eigenvalue weighted by molar-refractivity contribution is 5.76. The zero-order valence-corrected chi connectivity index (χ0v) is 13.6. The molecule has 0 aliphatic carbocycles. The van der Waals surface area contributed by atoms with Gasteiger partial charge in [0.15, 0.2) is 0 Å². The van der Waals surface area contributed by atoms with E-state index in [9.17, 15) is 0 Å². The summed E-state index contributed by atoms with van der Waals surface area (Å²) >= 11 is 0. The first kappa shape index (κ1) is 16.7. The molecule has 0 amide bonds. The fraction of sp³-hybridized carbons (Fsp3) is 0.938. The Morgan fingerprint density at radius 3 is 2.67 bits per heavy atom. The molecule has 2 saturated heterocycles. The largest absolute Gasteiger partial charge is 0.388 e. The Kier molecular flexibility index (Phi) is 6.02. The average molecular weight is 297 g/mol. The molecular weight excluding hydrogens is 266 g/mol.